The van der Waals surface area contributed by atoms with E-state index >= 15 is 0 Å². The number of sulfonamides is 1. The van der Waals surface area contributed by atoms with E-state index in [1.54, 1.807) is 12.4 Å². The number of benzene rings is 2. The zero-order chi connectivity index (χ0) is 38.4. The average molecular weight is 760 g/mol. The van der Waals surface area contributed by atoms with Crippen molar-refractivity contribution in [2.75, 3.05) is 32.6 Å². The molecule has 3 rings (SSSR count). The van der Waals surface area contributed by atoms with Gasteiger partial charge in [-0.2, -0.15) is 4.31 Å². The average Bonchev–Trinajstić information content (AvgIpc) is 3.56. The molecule has 0 aliphatic rings. The molecule has 1 heterocycles. The third-order valence-corrected chi connectivity index (χ3v) is 10.9. The first-order chi connectivity index (χ1) is 24.7. The second-order valence-corrected chi connectivity index (χ2v) is 15.6. The predicted molar refractivity (Wildman–Crippen MR) is 199 cm³/mol. The standard InChI is InChI=1S/C35H49N7O8S2/c1-7-24(4)31(39-34(45)41(5)20-27-22-51-33(37-27)40-35(46)50-6)32(44)38-29(17-25-11-9-8-10-12-25)30(43)21-42(19-23(2)3)52(48,49)28-15-13-26(14-16-28)18-36-47/h8-16,18,22-24,29-31,43,47H,7,17,19-21H2,1-6H3,(H,38,44)(H,39,45)(H,37,40,46)/b36-18+/t24-,29-,30+,31-/m0/s1. The highest BCUT2D eigenvalue weighted by Crippen LogP contribution is 2.21. The number of ether oxygens (including phenoxy) is 1. The third kappa shape index (κ3) is 12.3. The van der Waals surface area contributed by atoms with Crippen LogP contribution in [0.25, 0.3) is 0 Å². The fourth-order valence-electron chi connectivity index (χ4n) is 5.21. The van der Waals surface area contributed by atoms with Crippen LogP contribution in [0.2, 0.25) is 0 Å². The number of aromatic nitrogens is 1. The predicted octanol–water partition coefficient (Wildman–Crippen LogP) is 4.12. The van der Waals surface area contributed by atoms with Crippen molar-refractivity contribution in [1.82, 2.24) is 24.8 Å². The smallest absolute Gasteiger partial charge is 0.413 e. The maximum absolute atomic E-state index is 14.0. The second-order valence-electron chi connectivity index (χ2n) is 12.8. The van der Waals surface area contributed by atoms with Crippen LogP contribution in [-0.2, 0) is 32.5 Å². The molecule has 3 aromatic rings. The molecule has 0 aliphatic carbocycles. The van der Waals surface area contributed by atoms with E-state index in [0.717, 1.165) is 5.56 Å². The van der Waals surface area contributed by atoms with Crippen LogP contribution in [0.5, 0.6) is 0 Å². The fraction of sp³-hybridized carbons (Fsp3) is 0.457. The van der Waals surface area contributed by atoms with Crippen LogP contribution < -0.4 is 16.0 Å². The molecule has 5 N–H and O–H groups in total. The number of amides is 4. The van der Waals surface area contributed by atoms with Crippen molar-refractivity contribution in [2.24, 2.45) is 17.0 Å². The SMILES string of the molecule is CC[C@H](C)[C@H](NC(=O)N(C)Cc1csc(NC(=O)OC)n1)C(=O)N[C@@H](Cc1ccccc1)[C@H](O)CN(CC(C)C)S(=O)(=O)c1ccc(/C=N/O)cc1. The molecular weight excluding hydrogens is 711 g/mol. The number of carbonyl (C=O) groups is 3. The Morgan fingerprint density at radius 1 is 1.04 bits per heavy atom. The number of rotatable bonds is 18. The molecule has 2 aromatic carbocycles. The Labute approximate surface area is 309 Å². The number of nitrogens with one attached hydrogen (secondary N) is 3. The lowest BCUT2D eigenvalue weighted by Gasteiger charge is -2.33. The second kappa shape index (κ2) is 19.9. The van der Waals surface area contributed by atoms with Crippen LogP contribution in [-0.4, -0.2) is 103 Å². The summed E-state index contributed by atoms with van der Waals surface area (Å²) < 4.78 is 33.5. The first-order valence-corrected chi connectivity index (χ1v) is 19.1. The van der Waals surface area contributed by atoms with Crippen LogP contribution in [0.15, 0.2) is 70.0 Å². The zero-order valence-electron chi connectivity index (χ0n) is 30.2. The lowest BCUT2D eigenvalue weighted by molar-refractivity contribution is -0.125. The minimum atomic E-state index is -4.09. The summed E-state index contributed by atoms with van der Waals surface area (Å²) in [5.41, 5.74) is 1.82. The Morgan fingerprint density at radius 3 is 2.31 bits per heavy atom. The number of hydrogen-bond acceptors (Lipinski definition) is 11. The summed E-state index contributed by atoms with van der Waals surface area (Å²) in [6.07, 6.45) is -0.0947. The quantitative estimate of drug-likeness (QED) is 0.0718. The fourth-order valence-corrected chi connectivity index (χ4v) is 7.52. The summed E-state index contributed by atoms with van der Waals surface area (Å²) in [6.45, 7) is 7.31. The maximum Gasteiger partial charge on any atom is 0.413 e. The molecule has 0 fully saturated rings. The summed E-state index contributed by atoms with van der Waals surface area (Å²) in [5.74, 6) is -0.931. The zero-order valence-corrected chi connectivity index (χ0v) is 31.9. The van der Waals surface area contributed by atoms with Crippen molar-refractivity contribution >= 4 is 50.7 Å². The number of aliphatic hydroxyl groups excluding tert-OH is 1. The molecule has 1 aromatic heterocycles. The summed E-state index contributed by atoms with van der Waals surface area (Å²) in [5, 5.41) is 33.7. The van der Waals surface area contributed by atoms with Gasteiger partial charge in [-0.25, -0.2) is 23.0 Å². The molecule has 0 unspecified atom stereocenters. The van der Waals surface area contributed by atoms with Crippen molar-refractivity contribution in [3.8, 4) is 0 Å². The Hall–Kier alpha value is -4.58. The highest BCUT2D eigenvalue weighted by Gasteiger charge is 2.34. The lowest BCUT2D eigenvalue weighted by atomic mass is 9.96. The minimum Gasteiger partial charge on any atom is -0.453 e. The van der Waals surface area contributed by atoms with E-state index in [1.807, 2.05) is 58.0 Å². The minimum absolute atomic E-state index is 0.00338. The number of thiazole rings is 1. The van der Waals surface area contributed by atoms with E-state index in [-0.39, 0.29) is 42.8 Å². The van der Waals surface area contributed by atoms with Gasteiger partial charge in [-0.15, -0.1) is 11.3 Å². The van der Waals surface area contributed by atoms with Crippen LogP contribution in [0.1, 0.15) is 50.9 Å². The van der Waals surface area contributed by atoms with E-state index in [2.05, 4.69) is 30.8 Å². The molecule has 15 nitrogen and oxygen atoms in total. The third-order valence-electron chi connectivity index (χ3n) is 8.24. The molecular formula is C35H49N7O8S2. The van der Waals surface area contributed by atoms with E-state index in [1.165, 1.54) is 58.1 Å². The highest BCUT2D eigenvalue weighted by atomic mass is 32.2. The van der Waals surface area contributed by atoms with Gasteiger partial charge in [0, 0.05) is 25.5 Å². The van der Waals surface area contributed by atoms with Gasteiger partial charge in [0.05, 0.1) is 42.6 Å². The summed E-state index contributed by atoms with van der Waals surface area (Å²) in [4.78, 5) is 44.5. The molecule has 0 aliphatic heterocycles. The first-order valence-electron chi connectivity index (χ1n) is 16.8. The molecule has 52 heavy (non-hydrogen) atoms. The summed E-state index contributed by atoms with van der Waals surface area (Å²) in [7, 11) is -1.30. The molecule has 17 heteroatoms. The molecule has 0 saturated carbocycles. The summed E-state index contributed by atoms with van der Waals surface area (Å²) >= 11 is 1.17. The van der Waals surface area contributed by atoms with Gasteiger partial charge in [0.2, 0.25) is 15.9 Å². The normalized spacial score (nSPS) is 14.1. The van der Waals surface area contributed by atoms with E-state index in [4.69, 9.17) is 5.21 Å². The van der Waals surface area contributed by atoms with Gasteiger partial charge in [-0.3, -0.25) is 10.1 Å². The number of aliphatic hydroxyl groups is 1. The van der Waals surface area contributed by atoms with Gasteiger partial charge in [-0.05, 0) is 41.5 Å². The Bertz CT molecular complexity index is 1740. The number of carbonyl (C=O) groups excluding carboxylic acids is 3. The van der Waals surface area contributed by atoms with Gasteiger partial charge in [0.25, 0.3) is 0 Å². The van der Waals surface area contributed by atoms with Crippen LogP contribution in [0, 0.1) is 11.8 Å². The van der Waals surface area contributed by atoms with Gasteiger partial charge >= 0.3 is 12.1 Å². The summed E-state index contributed by atoms with van der Waals surface area (Å²) in [6, 6.07) is 12.5. The molecule has 284 valence electrons. The highest BCUT2D eigenvalue weighted by molar-refractivity contribution is 7.89. The van der Waals surface area contributed by atoms with Gasteiger partial charge in [0.15, 0.2) is 5.13 Å². The largest absolute Gasteiger partial charge is 0.453 e. The molecule has 4 amide bonds. The molecule has 0 spiro atoms. The van der Waals surface area contributed by atoms with Gasteiger partial charge < -0.3 is 30.6 Å². The number of hydrogen-bond donors (Lipinski definition) is 5. The van der Waals surface area contributed by atoms with Crippen LogP contribution in [0.4, 0.5) is 14.7 Å². The van der Waals surface area contributed by atoms with Crippen molar-refractivity contribution in [1.29, 1.82) is 0 Å². The number of oxime groups is 1. The Kier molecular flexibility index (Phi) is 16.0. The monoisotopic (exact) mass is 759 g/mol. The molecule has 0 bridgehead atoms. The van der Waals surface area contributed by atoms with Crippen molar-refractivity contribution in [3.63, 3.8) is 0 Å². The number of methoxy groups -OCH3 is 1. The molecule has 4 atom stereocenters. The van der Waals surface area contributed by atoms with Crippen molar-refractivity contribution in [2.45, 2.75) is 70.2 Å². The van der Waals surface area contributed by atoms with Crippen molar-refractivity contribution in [3.05, 3.63) is 76.8 Å². The Balaban J connectivity index is 1.83. The molecule has 0 saturated heterocycles. The van der Waals surface area contributed by atoms with Crippen molar-refractivity contribution < 1.29 is 37.9 Å². The van der Waals surface area contributed by atoms with Gasteiger partial charge in [-0.1, -0.05) is 81.7 Å². The Morgan fingerprint density at radius 2 is 1.71 bits per heavy atom. The van der Waals surface area contributed by atoms with E-state index < -0.39 is 46.2 Å². The van der Waals surface area contributed by atoms with E-state index in [0.29, 0.717) is 22.8 Å². The van der Waals surface area contributed by atoms with Crippen LogP contribution in [0.3, 0.4) is 0 Å². The number of nitrogens with zero attached hydrogens (tertiary/aromatic N) is 4. The molecule has 0 radical (unpaired) electrons. The van der Waals surface area contributed by atoms with Crippen LogP contribution >= 0.6 is 11.3 Å². The lowest BCUT2D eigenvalue weighted by Crippen LogP contribution is -2.58. The maximum atomic E-state index is 14.0. The number of urea groups is 1. The topological polar surface area (TPSA) is 203 Å². The van der Waals surface area contributed by atoms with Gasteiger partial charge in [0.1, 0.15) is 6.04 Å². The first kappa shape index (κ1) is 41.8. The van der Waals surface area contributed by atoms with E-state index in [9.17, 15) is 27.9 Å². The number of anilines is 1.